The Labute approximate surface area is 123 Å². The summed E-state index contributed by atoms with van der Waals surface area (Å²) < 4.78 is 11.2. The third-order valence-electron chi connectivity index (χ3n) is 3.15. The molecule has 1 N–H and O–H groups in total. The van der Waals surface area contributed by atoms with E-state index in [1.807, 2.05) is 18.2 Å². The van der Waals surface area contributed by atoms with E-state index >= 15 is 0 Å². The molecule has 0 atom stereocenters. The van der Waals surface area contributed by atoms with Gasteiger partial charge in [-0.1, -0.05) is 19.1 Å². The topological polar surface area (TPSA) is 30.5 Å². The number of rotatable bonds is 11. The smallest absolute Gasteiger partial charge is 0.127 e. The lowest BCUT2D eigenvalue weighted by Gasteiger charge is -2.13. The van der Waals surface area contributed by atoms with Crippen LogP contribution in [-0.4, -0.2) is 20.3 Å². The molecule has 1 aromatic carbocycles. The Morgan fingerprint density at radius 1 is 1.25 bits per heavy atom. The summed E-state index contributed by atoms with van der Waals surface area (Å²) in [5.41, 5.74) is 1.18. The fraction of sp³-hybridized carbons (Fsp3) is 0.529. The molecule has 1 rings (SSSR count). The molecular formula is C17H27NO2. The van der Waals surface area contributed by atoms with E-state index in [-0.39, 0.29) is 0 Å². The largest absolute Gasteiger partial charge is 0.497 e. The van der Waals surface area contributed by atoms with Gasteiger partial charge in [0.05, 0.1) is 13.7 Å². The zero-order valence-corrected chi connectivity index (χ0v) is 12.8. The molecule has 1 aromatic rings. The van der Waals surface area contributed by atoms with Crippen molar-refractivity contribution < 1.29 is 9.47 Å². The van der Waals surface area contributed by atoms with Crippen molar-refractivity contribution in [3.8, 4) is 11.5 Å². The number of benzene rings is 1. The van der Waals surface area contributed by atoms with Gasteiger partial charge in [0.1, 0.15) is 11.5 Å². The van der Waals surface area contributed by atoms with Crippen molar-refractivity contribution in [1.82, 2.24) is 5.32 Å². The second-order valence-corrected chi connectivity index (χ2v) is 4.74. The summed E-state index contributed by atoms with van der Waals surface area (Å²) in [6.45, 7) is 8.36. The Balaban J connectivity index is 2.49. The van der Waals surface area contributed by atoms with Crippen LogP contribution < -0.4 is 14.8 Å². The highest BCUT2D eigenvalue weighted by Crippen LogP contribution is 2.25. The zero-order valence-electron chi connectivity index (χ0n) is 12.8. The number of ether oxygens (including phenoxy) is 2. The van der Waals surface area contributed by atoms with Crippen LogP contribution in [0.2, 0.25) is 0 Å². The Hall–Kier alpha value is -1.48. The van der Waals surface area contributed by atoms with Gasteiger partial charge in [0.15, 0.2) is 0 Å². The first-order valence-electron chi connectivity index (χ1n) is 7.43. The monoisotopic (exact) mass is 277 g/mol. The number of unbranched alkanes of at least 4 members (excludes halogenated alkanes) is 3. The van der Waals surface area contributed by atoms with Gasteiger partial charge >= 0.3 is 0 Å². The lowest BCUT2D eigenvalue weighted by Crippen LogP contribution is -2.13. The molecule has 0 aliphatic carbocycles. The lowest BCUT2D eigenvalue weighted by atomic mass is 10.2. The molecule has 0 aliphatic heterocycles. The van der Waals surface area contributed by atoms with Gasteiger partial charge in [-0.05, 0) is 38.3 Å². The van der Waals surface area contributed by atoms with Gasteiger partial charge in [-0.3, -0.25) is 0 Å². The van der Waals surface area contributed by atoms with Gasteiger partial charge in [0, 0.05) is 18.2 Å². The number of methoxy groups -OCH3 is 1. The van der Waals surface area contributed by atoms with Crippen molar-refractivity contribution in [3.05, 3.63) is 36.4 Å². The second-order valence-electron chi connectivity index (χ2n) is 4.74. The number of nitrogens with one attached hydrogen (secondary N) is 1. The molecule has 0 heterocycles. The van der Waals surface area contributed by atoms with E-state index in [2.05, 4.69) is 24.9 Å². The van der Waals surface area contributed by atoms with E-state index in [4.69, 9.17) is 9.47 Å². The van der Waals surface area contributed by atoms with Gasteiger partial charge in [-0.15, -0.1) is 6.58 Å². The Bertz CT molecular complexity index is 391. The summed E-state index contributed by atoms with van der Waals surface area (Å²) in [7, 11) is 1.68. The predicted octanol–water partition coefficient (Wildman–Crippen LogP) is 3.93. The number of hydrogen-bond donors (Lipinski definition) is 1. The third-order valence-corrected chi connectivity index (χ3v) is 3.15. The molecule has 0 saturated carbocycles. The highest BCUT2D eigenvalue weighted by Gasteiger charge is 2.05. The van der Waals surface area contributed by atoms with Gasteiger partial charge in [-0.2, -0.15) is 0 Å². The van der Waals surface area contributed by atoms with Crippen LogP contribution in [0.5, 0.6) is 11.5 Å². The molecule has 0 radical (unpaired) electrons. The van der Waals surface area contributed by atoms with E-state index in [1.165, 1.54) is 18.4 Å². The standard InChI is InChI=1S/C17H27NO2/c1-4-6-7-8-9-12-20-17-13-16(19-3)11-10-15(17)14-18-5-2/h4,10-11,13,18H,1,5-9,12,14H2,2-3H3. The van der Waals surface area contributed by atoms with Crippen LogP contribution in [0, 0.1) is 0 Å². The first-order chi connectivity index (χ1) is 9.81. The van der Waals surface area contributed by atoms with Gasteiger partial charge in [0.25, 0.3) is 0 Å². The molecule has 3 nitrogen and oxygen atoms in total. The molecule has 20 heavy (non-hydrogen) atoms. The summed E-state index contributed by atoms with van der Waals surface area (Å²) in [4.78, 5) is 0. The van der Waals surface area contributed by atoms with E-state index in [9.17, 15) is 0 Å². The van der Waals surface area contributed by atoms with Crippen LogP contribution in [0.3, 0.4) is 0 Å². The molecule has 112 valence electrons. The second kappa shape index (κ2) is 10.3. The quantitative estimate of drug-likeness (QED) is 0.491. The molecule has 0 amide bonds. The Kier molecular flexibility index (Phi) is 8.56. The van der Waals surface area contributed by atoms with Crippen LogP contribution >= 0.6 is 0 Å². The van der Waals surface area contributed by atoms with Crippen molar-refractivity contribution in [3.63, 3.8) is 0 Å². The van der Waals surface area contributed by atoms with E-state index < -0.39 is 0 Å². The van der Waals surface area contributed by atoms with E-state index in [0.29, 0.717) is 0 Å². The van der Waals surface area contributed by atoms with Crippen molar-refractivity contribution in [2.75, 3.05) is 20.3 Å². The van der Waals surface area contributed by atoms with E-state index in [0.717, 1.165) is 44.0 Å². The minimum Gasteiger partial charge on any atom is -0.497 e. The predicted molar refractivity (Wildman–Crippen MR) is 84.5 cm³/mol. The molecule has 3 heteroatoms. The molecule has 0 saturated heterocycles. The number of hydrogen-bond acceptors (Lipinski definition) is 3. The first kappa shape index (κ1) is 16.6. The zero-order chi connectivity index (χ0) is 14.6. The molecule has 0 spiro atoms. The summed E-state index contributed by atoms with van der Waals surface area (Å²) >= 11 is 0. The van der Waals surface area contributed by atoms with E-state index in [1.54, 1.807) is 7.11 Å². The van der Waals surface area contributed by atoms with Crippen molar-refractivity contribution in [1.29, 1.82) is 0 Å². The average molecular weight is 277 g/mol. The molecular weight excluding hydrogens is 250 g/mol. The van der Waals surface area contributed by atoms with Crippen LogP contribution in [0.1, 0.15) is 38.2 Å². The third kappa shape index (κ3) is 6.11. The summed E-state index contributed by atoms with van der Waals surface area (Å²) in [5, 5.41) is 3.33. The van der Waals surface area contributed by atoms with Crippen molar-refractivity contribution >= 4 is 0 Å². The van der Waals surface area contributed by atoms with Crippen molar-refractivity contribution in [2.45, 2.75) is 39.2 Å². The fourth-order valence-corrected chi connectivity index (χ4v) is 1.95. The van der Waals surface area contributed by atoms with Gasteiger partial charge in [0.2, 0.25) is 0 Å². The first-order valence-corrected chi connectivity index (χ1v) is 7.43. The van der Waals surface area contributed by atoms with Crippen LogP contribution in [0.25, 0.3) is 0 Å². The highest BCUT2D eigenvalue weighted by atomic mass is 16.5. The minimum absolute atomic E-state index is 0.753. The van der Waals surface area contributed by atoms with Crippen LogP contribution in [0.4, 0.5) is 0 Å². The maximum atomic E-state index is 5.91. The molecule has 0 aliphatic rings. The Morgan fingerprint density at radius 2 is 2.10 bits per heavy atom. The SMILES string of the molecule is C=CCCCCCOc1cc(OC)ccc1CNCC. The molecule has 0 aromatic heterocycles. The van der Waals surface area contributed by atoms with Gasteiger partial charge in [-0.25, -0.2) is 0 Å². The minimum atomic E-state index is 0.753. The maximum Gasteiger partial charge on any atom is 0.127 e. The fourth-order valence-electron chi connectivity index (χ4n) is 1.95. The van der Waals surface area contributed by atoms with Gasteiger partial charge < -0.3 is 14.8 Å². The number of allylic oxidation sites excluding steroid dienone is 1. The molecule has 0 fully saturated rings. The lowest BCUT2D eigenvalue weighted by molar-refractivity contribution is 0.299. The maximum absolute atomic E-state index is 5.91. The summed E-state index contributed by atoms with van der Waals surface area (Å²) in [6.07, 6.45) is 6.50. The highest BCUT2D eigenvalue weighted by molar-refractivity contribution is 5.40. The normalized spacial score (nSPS) is 10.3. The Morgan fingerprint density at radius 3 is 2.80 bits per heavy atom. The summed E-state index contributed by atoms with van der Waals surface area (Å²) in [6, 6.07) is 6.01. The van der Waals surface area contributed by atoms with Crippen molar-refractivity contribution in [2.24, 2.45) is 0 Å². The van der Waals surface area contributed by atoms with Crippen LogP contribution in [0.15, 0.2) is 30.9 Å². The average Bonchev–Trinajstić information content (AvgIpc) is 2.49. The molecule has 0 unspecified atom stereocenters. The molecule has 0 bridgehead atoms. The summed E-state index contributed by atoms with van der Waals surface area (Å²) in [5.74, 6) is 1.76. The van der Waals surface area contributed by atoms with Crippen LogP contribution in [-0.2, 0) is 6.54 Å².